The molecule has 0 saturated carbocycles. The van der Waals surface area contributed by atoms with Gasteiger partial charge in [0.2, 0.25) is 0 Å². The summed E-state index contributed by atoms with van der Waals surface area (Å²) in [5.74, 6) is 1.20. The Morgan fingerprint density at radius 1 is 1.24 bits per heavy atom. The van der Waals surface area contributed by atoms with Crippen LogP contribution in [0.25, 0.3) is 0 Å². The Kier molecular flexibility index (Phi) is 7.07. The standard InChI is InChI=1S/C14H20F4N2O/c1-2-3-10-4-6-11(7-5-10)12(20-19)8-21-9-14(17,18)13(15)16/h4-7,12-13,20H,2-3,8-9,19H2,1H3. The number of nitrogens with one attached hydrogen (secondary N) is 1. The van der Waals surface area contributed by atoms with Gasteiger partial charge in [0, 0.05) is 0 Å². The highest BCUT2D eigenvalue weighted by atomic mass is 19.3. The number of rotatable bonds is 9. The van der Waals surface area contributed by atoms with Gasteiger partial charge in [0.15, 0.2) is 0 Å². The summed E-state index contributed by atoms with van der Waals surface area (Å²) in [7, 11) is 0. The molecule has 1 unspecified atom stereocenters. The molecule has 0 aliphatic heterocycles. The van der Waals surface area contributed by atoms with Gasteiger partial charge in [-0.05, 0) is 17.5 Å². The third-order valence-corrected chi connectivity index (χ3v) is 3.02. The lowest BCUT2D eigenvalue weighted by Crippen LogP contribution is -2.36. The molecule has 120 valence electrons. The van der Waals surface area contributed by atoms with Crippen LogP contribution in [-0.4, -0.2) is 25.6 Å². The highest BCUT2D eigenvalue weighted by Crippen LogP contribution is 2.23. The van der Waals surface area contributed by atoms with Crippen molar-refractivity contribution in [3.05, 3.63) is 35.4 Å². The van der Waals surface area contributed by atoms with Crippen LogP contribution in [-0.2, 0) is 11.2 Å². The van der Waals surface area contributed by atoms with E-state index in [0.29, 0.717) is 0 Å². The van der Waals surface area contributed by atoms with Crippen LogP contribution in [0.4, 0.5) is 17.6 Å². The first-order valence-electron chi connectivity index (χ1n) is 6.69. The first-order chi connectivity index (χ1) is 9.90. The van der Waals surface area contributed by atoms with Crippen LogP contribution in [0.3, 0.4) is 0 Å². The van der Waals surface area contributed by atoms with Gasteiger partial charge in [0.25, 0.3) is 0 Å². The van der Waals surface area contributed by atoms with E-state index in [1.165, 1.54) is 0 Å². The van der Waals surface area contributed by atoms with Crippen molar-refractivity contribution in [1.29, 1.82) is 0 Å². The van der Waals surface area contributed by atoms with Crippen LogP contribution >= 0.6 is 0 Å². The summed E-state index contributed by atoms with van der Waals surface area (Å²) in [4.78, 5) is 0. The number of hydrazine groups is 1. The van der Waals surface area contributed by atoms with E-state index in [9.17, 15) is 17.6 Å². The minimum Gasteiger partial charge on any atom is -0.373 e. The van der Waals surface area contributed by atoms with Crippen molar-refractivity contribution in [3.8, 4) is 0 Å². The molecule has 3 N–H and O–H groups in total. The molecule has 0 fully saturated rings. The first kappa shape index (κ1) is 17.9. The topological polar surface area (TPSA) is 47.3 Å². The van der Waals surface area contributed by atoms with Crippen LogP contribution in [0.5, 0.6) is 0 Å². The lowest BCUT2D eigenvalue weighted by atomic mass is 10.0. The largest absolute Gasteiger partial charge is 0.373 e. The number of nitrogens with two attached hydrogens (primary N) is 1. The van der Waals surface area contributed by atoms with Crippen LogP contribution in [0, 0.1) is 0 Å². The summed E-state index contributed by atoms with van der Waals surface area (Å²) in [5, 5.41) is 0. The second-order valence-corrected chi connectivity index (χ2v) is 4.79. The smallest absolute Gasteiger partial charge is 0.330 e. The Bertz CT molecular complexity index is 412. The van der Waals surface area contributed by atoms with E-state index >= 15 is 0 Å². The third kappa shape index (κ3) is 5.61. The number of halogens is 4. The molecular formula is C14H20F4N2O. The van der Waals surface area contributed by atoms with Crippen LogP contribution in [0.1, 0.15) is 30.5 Å². The highest BCUT2D eigenvalue weighted by molar-refractivity contribution is 5.25. The van der Waals surface area contributed by atoms with E-state index in [0.717, 1.165) is 24.0 Å². The quantitative estimate of drug-likeness (QED) is 0.419. The minimum absolute atomic E-state index is 0.216. The number of ether oxygens (including phenoxy) is 1. The van der Waals surface area contributed by atoms with Gasteiger partial charge in [-0.3, -0.25) is 11.3 Å². The predicted molar refractivity (Wildman–Crippen MR) is 72.3 cm³/mol. The van der Waals surface area contributed by atoms with E-state index in [2.05, 4.69) is 17.1 Å². The van der Waals surface area contributed by atoms with Gasteiger partial charge < -0.3 is 4.74 Å². The molecule has 0 saturated heterocycles. The summed E-state index contributed by atoms with van der Waals surface area (Å²) >= 11 is 0. The summed E-state index contributed by atoms with van der Waals surface area (Å²) < 4.78 is 54.1. The first-order valence-corrected chi connectivity index (χ1v) is 6.69. The van der Waals surface area contributed by atoms with Gasteiger partial charge in [-0.15, -0.1) is 0 Å². The van der Waals surface area contributed by atoms with E-state index in [1.807, 2.05) is 24.3 Å². The normalized spacial score (nSPS) is 13.7. The molecule has 0 aliphatic rings. The zero-order valence-electron chi connectivity index (χ0n) is 11.8. The van der Waals surface area contributed by atoms with Crippen LogP contribution in [0.2, 0.25) is 0 Å². The second-order valence-electron chi connectivity index (χ2n) is 4.79. The molecule has 1 atom stereocenters. The molecule has 0 aliphatic carbocycles. The SMILES string of the molecule is CCCc1ccc(C(COCC(F)(F)C(F)F)NN)cc1. The molecule has 0 bridgehead atoms. The fourth-order valence-corrected chi connectivity index (χ4v) is 1.82. The molecular weight excluding hydrogens is 288 g/mol. The Morgan fingerprint density at radius 2 is 1.86 bits per heavy atom. The lowest BCUT2D eigenvalue weighted by Gasteiger charge is -2.20. The van der Waals surface area contributed by atoms with Crippen molar-refractivity contribution in [2.45, 2.75) is 38.2 Å². The van der Waals surface area contributed by atoms with Crippen LogP contribution < -0.4 is 11.3 Å². The van der Waals surface area contributed by atoms with Crippen molar-refractivity contribution in [1.82, 2.24) is 5.43 Å². The summed E-state index contributed by atoms with van der Waals surface area (Å²) in [6, 6.07) is 6.91. The molecule has 3 nitrogen and oxygen atoms in total. The van der Waals surface area contributed by atoms with Gasteiger partial charge in [-0.1, -0.05) is 37.6 Å². The Morgan fingerprint density at radius 3 is 2.33 bits per heavy atom. The zero-order valence-corrected chi connectivity index (χ0v) is 11.8. The van der Waals surface area contributed by atoms with Crippen molar-refractivity contribution in [2.75, 3.05) is 13.2 Å². The molecule has 0 spiro atoms. The molecule has 1 rings (SSSR count). The third-order valence-electron chi connectivity index (χ3n) is 3.02. The molecule has 0 radical (unpaired) electrons. The minimum atomic E-state index is -4.15. The fraction of sp³-hybridized carbons (Fsp3) is 0.571. The predicted octanol–water partition coefficient (Wildman–Crippen LogP) is 3.06. The summed E-state index contributed by atoms with van der Waals surface area (Å²) in [6.07, 6.45) is -1.78. The van der Waals surface area contributed by atoms with Gasteiger partial charge in [-0.25, -0.2) is 8.78 Å². The van der Waals surface area contributed by atoms with Crippen LogP contribution in [0.15, 0.2) is 24.3 Å². The van der Waals surface area contributed by atoms with Crippen molar-refractivity contribution >= 4 is 0 Å². The van der Waals surface area contributed by atoms with Gasteiger partial charge in [-0.2, -0.15) is 8.78 Å². The number of alkyl halides is 4. The van der Waals surface area contributed by atoms with Gasteiger partial charge in [0.05, 0.1) is 12.6 Å². The fourth-order valence-electron chi connectivity index (χ4n) is 1.82. The number of hydrogen-bond acceptors (Lipinski definition) is 3. The molecule has 0 amide bonds. The maximum atomic E-state index is 12.7. The summed E-state index contributed by atoms with van der Waals surface area (Å²) in [6.45, 7) is 0.512. The molecule has 7 heteroatoms. The second kappa shape index (κ2) is 8.31. The maximum Gasteiger partial charge on any atom is 0.330 e. The maximum absolute atomic E-state index is 12.7. The number of aryl methyl sites for hydroxylation is 1. The average molecular weight is 308 g/mol. The number of hydrogen-bond donors (Lipinski definition) is 2. The molecule has 1 aromatic rings. The van der Waals surface area contributed by atoms with Crippen molar-refractivity contribution in [3.63, 3.8) is 0 Å². The zero-order chi connectivity index (χ0) is 15.9. The highest BCUT2D eigenvalue weighted by Gasteiger charge is 2.41. The van der Waals surface area contributed by atoms with E-state index in [1.54, 1.807) is 0 Å². The molecule has 21 heavy (non-hydrogen) atoms. The number of benzene rings is 1. The molecule has 1 aromatic carbocycles. The Balaban J connectivity index is 2.55. The average Bonchev–Trinajstić information content (AvgIpc) is 2.45. The van der Waals surface area contributed by atoms with Crippen molar-refractivity contribution in [2.24, 2.45) is 5.84 Å². The summed E-state index contributed by atoms with van der Waals surface area (Å²) in [5.41, 5.74) is 4.33. The van der Waals surface area contributed by atoms with Gasteiger partial charge >= 0.3 is 12.3 Å². The van der Waals surface area contributed by atoms with Crippen molar-refractivity contribution < 1.29 is 22.3 Å². The van der Waals surface area contributed by atoms with Gasteiger partial charge in [0.1, 0.15) is 6.61 Å². The lowest BCUT2D eigenvalue weighted by molar-refractivity contribution is -0.167. The monoisotopic (exact) mass is 308 g/mol. The molecule has 0 aromatic heterocycles. The van der Waals surface area contributed by atoms with E-state index in [4.69, 9.17) is 5.84 Å². The van der Waals surface area contributed by atoms with E-state index in [-0.39, 0.29) is 6.61 Å². The molecule has 0 heterocycles. The van der Waals surface area contributed by atoms with E-state index < -0.39 is 25.0 Å². The Labute approximate surface area is 121 Å². The Hall–Kier alpha value is -1.18.